The van der Waals surface area contributed by atoms with Gasteiger partial charge in [-0.3, -0.25) is 28.0 Å². The van der Waals surface area contributed by atoms with Crippen LogP contribution in [0.15, 0.2) is 12.2 Å². The summed E-state index contributed by atoms with van der Waals surface area (Å²) in [5.41, 5.74) is 0. The highest BCUT2D eigenvalue weighted by molar-refractivity contribution is 7.32. The molecule has 2 amide bonds. The molecule has 0 spiro atoms. The van der Waals surface area contributed by atoms with E-state index < -0.39 is 96.7 Å². The van der Waals surface area contributed by atoms with E-state index in [2.05, 4.69) is 57.4 Å². The van der Waals surface area contributed by atoms with Crippen molar-refractivity contribution in [3.8, 4) is 0 Å². The van der Waals surface area contributed by atoms with E-state index in [1.807, 2.05) is 6.92 Å². The van der Waals surface area contributed by atoms with Gasteiger partial charge in [0.1, 0.15) is 48.4 Å². The molecule has 0 radical (unpaired) electrons. The van der Waals surface area contributed by atoms with Gasteiger partial charge in [0.25, 0.3) is 0 Å². The molecule has 0 aromatic heterocycles. The van der Waals surface area contributed by atoms with Crippen molar-refractivity contribution in [1.82, 2.24) is 10.6 Å². The van der Waals surface area contributed by atoms with Crippen LogP contribution in [0, 0.1) is 5.92 Å². The average molecular weight is 1250 g/mol. The zero-order chi connectivity index (χ0) is 62.1. The molecule has 2 fully saturated rings. The van der Waals surface area contributed by atoms with Crippen LogP contribution in [0.1, 0.15) is 305 Å². The molecule has 85 heavy (non-hydrogen) atoms. The summed E-state index contributed by atoms with van der Waals surface area (Å²) in [6.07, 6.45) is 35.5. The largest absolute Gasteiger partial charge is 0.388 e. The van der Waals surface area contributed by atoms with Crippen molar-refractivity contribution >= 4 is 34.1 Å². The fraction of sp³-hybridized carbons (Fsp3) is 0.924. The lowest BCUT2D eigenvalue weighted by molar-refractivity contribution is -0.296. The fourth-order valence-electron chi connectivity index (χ4n) is 11.6. The average Bonchev–Trinajstić information content (AvgIpc) is 1.94. The van der Waals surface area contributed by atoms with Crippen molar-refractivity contribution in [2.45, 2.75) is 366 Å². The van der Waals surface area contributed by atoms with Gasteiger partial charge in [-0.05, 0) is 63.7 Å². The number of aliphatic hydroxyl groups is 1. The summed E-state index contributed by atoms with van der Waals surface area (Å²) in [6, 6.07) is -2.34. The summed E-state index contributed by atoms with van der Waals surface area (Å²) in [4.78, 5) is 61.3. The zero-order valence-electron chi connectivity index (χ0n) is 54.4. The van der Waals surface area contributed by atoms with Gasteiger partial charge in [-0.25, -0.2) is 0 Å². The van der Waals surface area contributed by atoms with Gasteiger partial charge in [0.2, 0.25) is 11.8 Å². The minimum Gasteiger partial charge on any atom is -0.388 e. The molecular formula is C66H126N2O15P2. The highest BCUT2D eigenvalue weighted by atomic mass is 31.1. The molecule has 2 saturated heterocycles. The third kappa shape index (κ3) is 38.7. The molecule has 2 aliphatic rings. The van der Waals surface area contributed by atoms with Crippen molar-refractivity contribution in [2.24, 2.45) is 5.92 Å². The van der Waals surface area contributed by atoms with Gasteiger partial charge < -0.3 is 53.7 Å². The molecule has 19 heteroatoms. The Hall–Kier alpha value is -1.59. The Bertz CT molecular complexity index is 1730. The number of amides is 2. The van der Waals surface area contributed by atoms with Gasteiger partial charge in [-0.15, -0.1) is 0 Å². The minimum atomic E-state index is -3.71. The summed E-state index contributed by atoms with van der Waals surface area (Å²) >= 11 is 0. The fourth-order valence-corrected chi connectivity index (χ4v) is 12.6. The Labute approximate surface area is 517 Å². The molecule has 13 unspecified atom stereocenters. The van der Waals surface area contributed by atoms with Gasteiger partial charge in [0, 0.05) is 26.1 Å². The van der Waals surface area contributed by atoms with Gasteiger partial charge in [0.05, 0.1) is 19.1 Å². The first kappa shape index (κ1) is 79.5. The number of ether oxygens (including phenoxy) is 5. The normalized spacial score (nSPS) is 23.7. The van der Waals surface area contributed by atoms with E-state index in [0.29, 0.717) is 38.0 Å². The van der Waals surface area contributed by atoms with E-state index >= 15 is 0 Å². The van der Waals surface area contributed by atoms with Crippen LogP contribution < -0.4 is 10.6 Å². The summed E-state index contributed by atoms with van der Waals surface area (Å²) in [5, 5.41) is 18.1. The van der Waals surface area contributed by atoms with Crippen molar-refractivity contribution in [2.75, 3.05) is 19.8 Å². The van der Waals surface area contributed by atoms with E-state index in [4.69, 9.17) is 32.7 Å². The van der Waals surface area contributed by atoms with Crippen LogP contribution in [0.4, 0.5) is 0 Å². The van der Waals surface area contributed by atoms with Crippen LogP contribution in [0.2, 0.25) is 0 Å². The first-order valence-electron chi connectivity index (χ1n) is 34.7. The van der Waals surface area contributed by atoms with Crippen LogP contribution in [-0.4, -0.2) is 114 Å². The molecule has 17 nitrogen and oxygen atoms in total. The molecule has 0 saturated carbocycles. The lowest BCUT2D eigenvalue weighted by Gasteiger charge is -2.47. The number of rotatable bonds is 57. The predicted molar refractivity (Wildman–Crippen MR) is 342 cm³/mol. The van der Waals surface area contributed by atoms with Crippen molar-refractivity contribution in [3.05, 3.63) is 12.2 Å². The van der Waals surface area contributed by atoms with Crippen LogP contribution in [-0.2, 0) is 56.2 Å². The molecule has 0 aromatic carbocycles. The standard InChI is InChI=1S/C66H126N2O15P2/c1-7-12-16-20-23-26-27-28-29-30-31-33-35-39-43-47-57(70)67-60-64(78-50-48-53(6)45-41-37-19-15-10-4)62(82-84(73)74)55(11-5)80-65(60)79-52-56-61(72)63(77-49-44-40-36-25-22-18-14-9-3)59(66(81-56)83-85(75)76)68-58(71)51-54(69)46-42-38-34-32-24-21-17-13-8-2/h26-27,53,55-56,59-66,72,84-85H,7-25,28-52H2,1-6H3,(H,67,70)(H,68,71)(H,73,74)(H,75,76)/b27-26-. The smallest absolute Gasteiger partial charge is 0.318 e. The second kappa shape index (κ2) is 53.1. The quantitative estimate of drug-likeness (QED) is 0.0165. The van der Waals surface area contributed by atoms with Gasteiger partial charge in [0.15, 0.2) is 12.6 Å². The number of nitrogens with one attached hydrogen (secondary N) is 2. The summed E-state index contributed by atoms with van der Waals surface area (Å²) in [7, 11) is -7.23. The van der Waals surface area contributed by atoms with E-state index in [0.717, 1.165) is 109 Å². The topological polar surface area (TPSA) is 235 Å². The monoisotopic (exact) mass is 1250 g/mol. The minimum absolute atomic E-state index is 0.191. The van der Waals surface area contributed by atoms with E-state index in [1.165, 1.54) is 103 Å². The van der Waals surface area contributed by atoms with E-state index in [-0.39, 0.29) is 37.7 Å². The number of allylic oxidation sites excluding steroid dienone is 2. The third-order valence-corrected chi connectivity index (χ3v) is 17.8. The van der Waals surface area contributed by atoms with Gasteiger partial charge in [-0.1, -0.05) is 240 Å². The maximum absolute atomic E-state index is 14.0. The van der Waals surface area contributed by atoms with Crippen molar-refractivity contribution < 1.29 is 71.1 Å². The van der Waals surface area contributed by atoms with Gasteiger partial charge in [-0.2, -0.15) is 0 Å². The van der Waals surface area contributed by atoms with Crippen LogP contribution >= 0.6 is 16.5 Å². The number of aliphatic hydroxyl groups excluding tert-OH is 1. The lowest BCUT2D eigenvalue weighted by atomic mass is 9.94. The first-order valence-corrected chi connectivity index (χ1v) is 37.2. The number of unbranched alkanes of at least 4 members (excludes halogenated alkanes) is 30. The van der Waals surface area contributed by atoms with Gasteiger partial charge >= 0.3 is 16.5 Å². The Kier molecular flexibility index (Phi) is 49.7. The van der Waals surface area contributed by atoms with Crippen LogP contribution in [0.25, 0.3) is 0 Å². The molecule has 2 rings (SSSR count). The second-order valence-electron chi connectivity index (χ2n) is 24.6. The summed E-state index contributed by atoms with van der Waals surface area (Å²) in [5.74, 6) is -0.839. The summed E-state index contributed by atoms with van der Waals surface area (Å²) < 4.78 is 68.6. The third-order valence-electron chi connectivity index (χ3n) is 16.9. The molecule has 500 valence electrons. The molecule has 13 atom stereocenters. The first-order chi connectivity index (χ1) is 41.3. The summed E-state index contributed by atoms with van der Waals surface area (Å²) in [6.45, 7) is 12.9. The Balaban J connectivity index is 2.34. The highest BCUT2D eigenvalue weighted by Gasteiger charge is 2.51. The number of hydrogen-bond donors (Lipinski definition) is 5. The number of carbonyl (C=O) groups excluding carboxylic acids is 3. The number of hydrogen-bond acceptors (Lipinski definition) is 13. The number of carbonyl (C=O) groups is 3. The molecule has 0 bridgehead atoms. The Morgan fingerprint density at radius 1 is 0.482 bits per heavy atom. The zero-order valence-corrected chi connectivity index (χ0v) is 56.4. The Morgan fingerprint density at radius 2 is 0.929 bits per heavy atom. The van der Waals surface area contributed by atoms with E-state index in [1.54, 1.807) is 0 Å². The Morgan fingerprint density at radius 3 is 1.47 bits per heavy atom. The predicted octanol–water partition coefficient (Wildman–Crippen LogP) is 15.6. The van der Waals surface area contributed by atoms with Crippen molar-refractivity contribution in [1.29, 1.82) is 0 Å². The SMILES string of the molecule is CCCCCC/C=C\CCCCCCCCCC(=O)NC1C(OCC2OC(O[PH](=O)O)C(NC(=O)CC(=O)CCCCCCCCCCC)C(OCCCCCCCCCC)C2O)OC(CC)C(O[PH](=O)O)C1OCCC(C)CCCCCCC. The molecule has 2 aliphatic heterocycles. The van der Waals surface area contributed by atoms with E-state index in [9.17, 15) is 38.4 Å². The maximum Gasteiger partial charge on any atom is 0.318 e. The van der Waals surface area contributed by atoms with Crippen LogP contribution in [0.3, 0.4) is 0 Å². The molecule has 0 aromatic rings. The second-order valence-corrected chi connectivity index (χ2v) is 26.1. The molecule has 5 N–H and O–H groups in total. The lowest BCUT2D eigenvalue weighted by Crippen LogP contribution is -2.67. The molecular weight excluding hydrogens is 1120 g/mol. The molecule has 2 heterocycles. The maximum atomic E-state index is 14.0. The highest BCUT2D eigenvalue weighted by Crippen LogP contribution is 2.36. The van der Waals surface area contributed by atoms with Crippen LogP contribution in [0.5, 0.6) is 0 Å². The number of ketones is 1. The molecule has 0 aliphatic carbocycles. The van der Waals surface area contributed by atoms with Crippen molar-refractivity contribution in [3.63, 3.8) is 0 Å². The number of Topliss-reactive ketones (excluding diaryl/α,β-unsaturated/α-hetero) is 1.